The molecule has 3 aromatic rings. The van der Waals surface area contributed by atoms with E-state index in [0.29, 0.717) is 17.7 Å². The number of Topliss-reactive ketones (excluding diaryl/α,β-unsaturated/α-hetero) is 1. The number of anilines is 1. The number of hydrogen-bond acceptors (Lipinski definition) is 4. The molecule has 3 aromatic carbocycles. The van der Waals surface area contributed by atoms with Crippen molar-refractivity contribution in [3.8, 4) is 0 Å². The van der Waals surface area contributed by atoms with Crippen LogP contribution in [0.15, 0.2) is 86.8 Å². The molecule has 2 aliphatic heterocycles. The smallest absolute Gasteiger partial charge is 0.285 e. The number of nitrogens with zero attached hydrogens (tertiary/aromatic N) is 3. The van der Waals surface area contributed by atoms with E-state index in [0.717, 1.165) is 25.8 Å². The summed E-state index contributed by atoms with van der Waals surface area (Å²) in [6.45, 7) is 0.205. The van der Waals surface area contributed by atoms with Crippen molar-refractivity contribution in [1.29, 1.82) is 0 Å². The molecule has 0 N–H and O–H groups in total. The lowest BCUT2D eigenvalue weighted by atomic mass is 9.99. The van der Waals surface area contributed by atoms with Crippen molar-refractivity contribution in [3.05, 3.63) is 98.4 Å². The lowest BCUT2D eigenvalue weighted by Gasteiger charge is -2.28. The second-order valence-electron chi connectivity index (χ2n) is 7.49. The van der Waals surface area contributed by atoms with E-state index in [9.17, 15) is 9.59 Å². The Morgan fingerprint density at radius 2 is 1.68 bits per heavy atom. The van der Waals surface area contributed by atoms with Gasteiger partial charge in [-0.05, 0) is 41.5 Å². The van der Waals surface area contributed by atoms with Crippen molar-refractivity contribution in [2.45, 2.75) is 12.5 Å². The molecule has 0 radical (unpaired) electrons. The van der Waals surface area contributed by atoms with Crippen LogP contribution in [0.2, 0.25) is 0 Å². The molecule has 0 aliphatic carbocycles. The molecule has 2 aliphatic rings. The fourth-order valence-corrected chi connectivity index (χ4v) is 4.81. The van der Waals surface area contributed by atoms with Gasteiger partial charge in [0, 0.05) is 15.4 Å². The number of halogens is 2. The molecule has 1 amide bonds. The highest BCUT2D eigenvalue weighted by Gasteiger charge is 2.39. The average Bonchev–Trinajstić information content (AvgIpc) is 3.30. The number of amides is 1. The third kappa shape index (κ3) is 3.72. The van der Waals surface area contributed by atoms with E-state index < -0.39 is 11.7 Å². The zero-order chi connectivity index (χ0) is 21.5. The van der Waals surface area contributed by atoms with E-state index in [1.54, 1.807) is 12.1 Å². The number of carbonyl (C=O) groups is 2. The molecule has 31 heavy (non-hydrogen) atoms. The lowest BCUT2D eigenvalue weighted by molar-refractivity contribution is -0.114. The summed E-state index contributed by atoms with van der Waals surface area (Å²) in [5.41, 5.74) is 4.14. The molecular weight excluding hydrogens is 522 g/mol. The molecule has 1 unspecified atom stereocenters. The Labute approximate surface area is 196 Å². The Balaban J connectivity index is 1.52. The Hall–Kier alpha value is -2.77. The number of benzene rings is 3. The van der Waals surface area contributed by atoms with E-state index in [4.69, 9.17) is 5.10 Å². The van der Waals surface area contributed by atoms with E-state index in [1.165, 1.54) is 4.90 Å². The van der Waals surface area contributed by atoms with Crippen molar-refractivity contribution in [1.82, 2.24) is 5.01 Å². The van der Waals surface area contributed by atoms with Crippen molar-refractivity contribution in [2.24, 2.45) is 5.10 Å². The maximum atomic E-state index is 12.8. The average molecular weight is 539 g/mol. The van der Waals surface area contributed by atoms with Gasteiger partial charge in [-0.15, -0.1) is 0 Å². The normalized spacial score (nSPS) is 17.9. The maximum Gasteiger partial charge on any atom is 0.301 e. The van der Waals surface area contributed by atoms with E-state index in [2.05, 4.69) is 44.0 Å². The molecule has 5 nitrogen and oxygen atoms in total. The zero-order valence-electron chi connectivity index (χ0n) is 16.3. The largest absolute Gasteiger partial charge is 0.301 e. The van der Waals surface area contributed by atoms with Crippen LogP contribution in [0.5, 0.6) is 0 Å². The second kappa shape index (κ2) is 8.05. The third-order valence-electron chi connectivity index (χ3n) is 5.56. The molecule has 0 saturated carbocycles. The highest BCUT2D eigenvalue weighted by molar-refractivity contribution is 9.10. The number of hydrazone groups is 1. The summed E-state index contributed by atoms with van der Waals surface area (Å²) in [6, 6.07) is 23.5. The topological polar surface area (TPSA) is 53.0 Å². The molecule has 0 fully saturated rings. The standard InChI is InChI=1S/C24H17Br2N3O2/c25-17-8-4-7-16(11-17)20-13-22(15-5-2-1-3-6-15)29(27-20)14-28-21-10-9-18(26)12-19(21)23(30)24(28)31/h1-12,22H,13-14H2. The van der Waals surface area contributed by atoms with Gasteiger partial charge in [-0.25, -0.2) is 0 Å². The summed E-state index contributed by atoms with van der Waals surface area (Å²) in [4.78, 5) is 26.8. The minimum absolute atomic E-state index is 0.0300. The summed E-state index contributed by atoms with van der Waals surface area (Å²) in [5.74, 6) is -1.01. The van der Waals surface area contributed by atoms with Gasteiger partial charge in [0.25, 0.3) is 5.78 Å². The summed E-state index contributed by atoms with van der Waals surface area (Å²) >= 11 is 6.91. The molecular formula is C24H17Br2N3O2. The minimum atomic E-state index is -0.522. The Morgan fingerprint density at radius 1 is 0.903 bits per heavy atom. The lowest BCUT2D eigenvalue weighted by Crippen LogP contribution is -2.39. The summed E-state index contributed by atoms with van der Waals surface area (Å²) in [6.07, 6.45) is 0.712. The number of carbonyl (C=O) groups excluding carboxylic acids is 2. The first-order chi connectivity index (χ1) is 15.0. The van der Waals surface area contributed by atoms with E-state index >= 15 is 0 Å². The predicted octanol–water partition coefficient (Wildman–Crippen LogP) is 5.55. The van der Waals surface area contributed by atoms with Gasteiger partial charge in [0.1, 0.15) is 6.67 Å². The van der Waals surface area contributed by atoms with Crippen LogP contribution in [0.4, 0.5) is 5.69 Å². The van der Waals surface area contributed by atoms with Crippen LogP contribution in [-0.2, 0) is 4.79 Å². The number of rotatable bonds is 4. The number of hydrogen-bond donors (Lipinski definition) is 0. The van der Waals surface area contributed by atoms with Crippen LogP contribution in [0.25, 0.3) is 0 Å². The molecule has 154 valence electrons. The van der Waals surface area contributed by atoms with E-state index in [1.807, 2.05) is 53.5 Å². The van der Waals surface area contributed by atoms with Crippen LogP contribution in [0.1, 0.15) is 33.9 Å². The summed E-state index contributed by atoms with van der Waals surface area (Å²) < 4.78 is 1.76. The SMILES string of the molecule is O=C1C(=O)N(CN2N=C(c3cccc(Br)c3)CC2c2ccccc2)c2ccc(Br)cc21. The molecule has 0 bridgehead atoms. The van der Waals surface area contributed by atoms with Crippen LogP contribution in [0, 0.1) is 0 Å². The summed E-state index contributed by atoms with van der Waals surface area (Å²) in [7, 11) is 0. The highest BCUT2D eigenvalue weighted by atomic mass is 79.9. The first-order valence-electron chi connectivity index (χ1n) is 9.82. The third-order valence-corrected chi connectivity index (χ3v) is 6.54. The maximum absolute atomic E-state index is 12.8. The van der Waals surface area contributed by atoms with Gasteiger partial charge in [0.05, 0.1) is 23.0 Å². The van der Waals surface area contributed by atoms with E-state index in [-0.39, 0.29) is 12.7 Å². The Morgan fingerprint density at radius 3 is 2.45 bits per heavy atom. The Kier molecular flexibility index (Phi) is 5.24. The second-order valence-corrected chi connectivity index (χ2v) is 9.32. The number of ketones is 1. The Bertz CT molecular complexity index is 1230. The van der Waals surface area contributed by atoms with Crippen LogP contribution < -0.4 is 4.90 Å². The highest BCUT2D eigenvalue weighted by Crippen LogP contribution is 2.36. The number of fused-ring (bicyclic) bond motifs is 1. The van der Waals surface area contributed by atoms with Crippen LogP contribution in [-0.4, -0.2) is 29.1 Å². The quantitative estimate of drug-likeness (QED) is 0.409. The fraction of sp³-hybridized carbons (Fsp3) is 0.125. The van der Waals surface area contributed by atoms with Crippen LogP contribution >= 0.6 is 31.9 Å². The van der Waals surface area contributed by atoms with Gasteiger partial charge in [-0.3, -0.25) is 19.5 Å². The van der Waals surface area contributed by atoms with Crippen molar-refractivity contribution in [2.75, 3.05) is 11.6 Å². The van der Waals surface area contributed by atoms with Crippen molar-refractivity contribution in [3.63, 3.8) is 0 Å². The molecule has 1 atom stereocenters. The van der Waals surface area contributed by atoms with Gasteiger partial charge in [0.2, 0.25) is 0 Å². The molecule has 5 rings (SSSR count). The van der Waals surface area contributed by atoms with Gasteiger partial charge < -0.3 is 0 Å². The minimum Gasteiger partial charge on any atom is -0.285 e. The van der Waals surface area contributed by atoms with Crippen molar-refractivity contribution < 1.29 is 9.59 Å². The fourth-order valence-electron chi connectivity index (χ4n) is 4.05. The first kappa shape index (κ1) is 20.2. The van der Waals surface area contributed by atoms with Gasteiger partial charge >= 0.3 is 5.91 Å². The van der Waals surface area contributed by atoms with Crippen molar-refractivity contribution >= 4 is 54.9 Å². The molecule has 0 aromatic heterocycles. The molecule has 0 spiro atoms. The monoisotopic (exact) mass is 537 g/mol. The summed E-state index contributed by atoms with van der Waals surface area (Å²) in [5, 5.41) is 6.80. The zero-order valence-corrected chi connectivity index (χ0v) is 19.5. The first-order valence-corrected chi connectivity index (χ1v) is 11.4. The molecule has 7 heteroatoms. The van der Waals surface area contributed by atoms with Gasteiger partial charge in [-0.1, -0.05) is 74.3 Å². The van der Waals surface area contributed by atoms with Gasteiger partial charge in [0.15, 0.2) is 0 Å². The van der Waals surface area contributed by atoms with Gasteiger partial charge in [-0.2, -0.15) is 5.10 Å². The van der Waals surface area contributed by atoms with Crippen LogP contribution in [0.3, 0.4) is 0 Å². The predicted molar refractivity (Wildman–Crippen MR) is 127 cm³/mol. The molecule has 2 heterocycles. The molecule has 0 saturated heterocycles.